The molecular weight excluding hydrogens is 246 g/mol. The Hall–Kier alpha value is -0.980. The highest BCUT2D eigenvalue weighted by Crippen LogP contribution is 2.41. The average Bonchev–Trinajstić information content (AvgIpc) is 3.07. The van der Waals surface area contributed by atoms with Gasteiger partial charge in [-0.3, -0.25) is 0 Å². The van der Waals surface area contributed by atoms with Crippen molar-refractivity contribution >= 4 is 0 Å². The monoisotopic (exact) mass is 267 g/mol. The van der Waals surface area contributed by atoms with E-state index in [2.05, 4.69) is 15.5 Å². The van der Waals surface area contributed by atoms with Gasteiger partial charge in [0.15, 0.2) is 0 Å². The summed E-state index contributed by atoms with van der Waals surface area (Å²) in [4.78, 5) is 4.52. The van der Waals surface area contributed by atoms with E-state index < -0.39 is 0 Å². The van der Waals surface area contributed by atoms with Crippen molar-refractivity contribution in [3.63, 3.8) is 0 Å². The fourth-order valence-electron chi connectivity index (χ4n) is 3.12. The maximum atomic E-state index is 9.54. The standard InChI is InChI=1S/C13H21N3O3/c1-2-18-13(5-3-4-6-13)12-15-11(19-16-12)10-7-9(17)8-14-10/h9-10,14,17H,2-8H2,1H3/t9-,10-/m1/s1. The van der Waals surface area contributed by atoms with Gasteiger partial charge >= 0.3 is 0 Å². The molecule has 1 aliphatic heterocycles. The zero-order chi connectivity index (χ0) is 13.3. The molecule has 2 heterocycles. The molecule has 2 fully saturated rings. The maximum absolute atomic E-state index is 9.54. The number of nitrogens with one attached hydrogen (secondary N) is 1. The molecular formula is C13H21N3O3. The molecule has 0 bridgehead atoms. The maximum Gasteiger partial charge on any atom is 0.243 e. The molecule has 0 amide bonds. The fraction of sp³-hybridized carbons (Fsp3) is 0.846. The number of hydrogen-bond acceptors (Lipinski definition) is 6. The number of aliphatic hydroxyl groups excluding tert-OH is 1. The van der Waals surface area contributed by atoms with Crippen LogP contribution in [0.1, 0.15) is 56.8 Å². The van der Waals surface area contributed by atoms with Crippen molar-refractivity contribution < 1.29 is 14.4 Å². The van der Waals surface area contributed by atoms with Crippen LogP contribution in [-0.2, 0) is 10.3 Å². The lowest BCUT2D eigenvalue weighted by atomic mass is 10.0. The molecule has 19 heavy (non-hydrogen) atoms. The first-order valence-corrected chi connectivity index (χ1v) is 7.13. The van der Waals surface area contributed by atoms with Crippen LogP contribution in [0.25, 0.3) is 0 Å². The van der Waals surface area contributed by atoms with Crippen LogP contribution in [0.15, 0.2) is 4.52 Å². The van der Waals surface area contributed by atoms with Crippen LogP contribution in [0, 0.1) is 0 Å². The normalized spacial score (nSPS) is 30.0. The second-order valence-corrected chi connectivity index (χ2v) is 5.44. The molecule has 1 saturated heterocycles. The summed E-state index contributed by atoms with van der Waals surface area (Å²) in [5, 5.41) is 16.8. The lowest BCUT2D eigenvalue weighted by Crippen LogP contribution is -2.28. The van der Waals surface area contributed by atoms with Gasteiger partial charge in [-0.2, -0.15) is 4.98 Å². The van der Waals surface area contributed by atoms with Crippen LogP contribution in [0.2, 0.25) is 0 Å². The Balaban J connectivity index is 1.79. The Kier molecular flexibility index (Phi) is 3.56. The van der Waals surface area contributed by atoms with Gasteiger partial charge < -0.3 is 19.7 Å². The molecule has 0 unspecified atom stereocenters. The quantitative estimate of drug-likeness (QED) is 0.855. The van der Waals surface area contributed by atoms with Crippen LogP contribution in [0.5, 0.6) is 0 Å². The van der Waals surface area contributed by atoms with Crippen molar-refractivity contribution in [3.8, 4) is 0 Å². The second-order valence-electron chi connectivity index (χ2n) is 5.44. The summed E-state index contributed by atoms with van der Waals surface area (Å²) in [6, 6.07) is -0.0312. The van der Waals surface area contributed by atoms with Crippen molar-refractivity contribution in [2.75, 3.05) is 13.2 Å². The van der Waals surface area contributed by atoms with Crippen LogP contribution in [-0.4, -0.2) is 34.5 Å². The minimum absolute atomic E-state index is 0.0312. The molecule has 1 aliphatic carbocycles. The minimum Gasteiger partial charge on any atom is -0.392 e. The van der Waals surface area contributed by atoms with Crippen LogP contribution < -0.4 is 5.32 Å². The van der Waals surface area contributed by atoms with Crippen LogP contribution in [0.4, 0.5) is 0 Å². The Morgan fingerprint density at radius 1 is 1.47 bits per heavy atom. The molecule has 6 heteroatoms. The summed E-state index contributed by atoms with van der Waals surface area (Å²) < 4.78 is 11.3. The van der Waals surface area contributed by atoms with Gasteiger partial charge in [0.1, 0.15) is 5.60 Å². The number of aromatic nitrogens is 2. The summed E-state index contributed by atoms with van der Waals surface area (Å²) in [5.41, 5.74) is -0.353. The van der Waals surface area contributed by atoms with Crippen LogP contribution >= 0.6 is 0 Å². The number of ether oxygens (including phenoxy) is 1. The molecule has 1 aromatic heterocycles. The Morgan fingerprint density at radius 2 is 2.26 bits per heavy atom. The molecule has 3 rings (SSSR count). The van der Waals surface area contributed by atoms with Gasteiger partial charge in [-0.1, -0.05) is 5.16 Å². The molecule has 2 N–H and O–H groups in total. The first kappa shape index (κ1) is 13.0. The molecule has 0 radical (unpaired) electrons. The molecule has 106 valence electrons. The predicted molar refractivity (Wildman–Crippen MR) is 67.4 cm³/mol. The largest absolute Gasteiger partial charge is 0.392 e. The summed E-state index contributed by atoms with van der Waals surface area (Å²) in [6.07, 6.45) is 4.51. The number of hydrogen-bond donors (Lipinski definition) is 2. The van der Waals surface area contributed by atoms with Crippen molar-refractivity contribution in [1.82, 2.24) is 15.5 Å². The lowest BCUT2D eigenvalue weighted by molar-refractivity contribution is -0.0469. The van der Waals surface area contributed by atoms with E-state index in [1.807, 2.05) is 6.92 Å². The highest BCUT2D eigenvalue weighted by atomic mass is 16.5. The molecule has 1 aromatic rings. The highest BCUT2D eigenvalue weighted by molar-refractivity contribution is 5.07. The second kappa shape index (κ2) is 5.19. The zero-order valence-corrected chi connectivity index (χ0v) is 11.3. The summed E-state index contributed by atoms with van der Waals surface area (Å²) in [7, 11) is 0. The SMILES string of the molecule is CCOC1(c2noc([C@H]3C[C@@H](O)CN3)n2)CCCC1. The Labute approximate surface area is 112 Å². The third-order valence-corrected chi connectivity index (χ3v) is 4.09. The smallest absolute Gasteiger partial charge is 0.243 e. The van der Waals surface area contributed by atoms with Crippen molar-refractivity contribution in [1.29, 1.82) is 0 Å². The van der Waals surface area contributed by atoms with E-state index in [0.717, 1.165) is 25.7 Å². The van der Waals surface area contributed by atoms with E-state index in [0.29, 0.717) is 31.3 Å². The topological polar surface area (TPSA) is 80.4 Å². The van der Waals surface area contributed by atoms with E-state index >= 15 is 0 Å². The Bertz CT molecular complexity index is 429. The van der Waals surface area contributed by atoms with E-state index in [1.165, 1.54) is 0 Å². The lowest BCUT2D eigenvalue weighted by Gasteiger charge is -2.24. The summed E-state index contributed by atoms with van der Waals surface area (Å²) in [6.45, 7) is 3.24. The van der Waals surface area contributed by atoms with Crippen LogP contribution in [0.3, 0.4) is 0 Å². The number of rotatable bonds is 4. The van der Waals surface area contributed by atoms with E-state index in [1.54, 1.807) is 0 Å². The average molecular weight is 267 g/mol. The van der Waals surface area contributed by atoms with Gasteiger partial charge in [-0.15, -0.1) is 0 Å². The third-order valence-electron chi connectivity index (χ3n) is 4.09. The van der Waals surface area contributed by atoms with E-state index in [9.17, 15) is 5.11 Å². The molecule has 2 aliphatic rings. The molecule has 6 nitrogen and oxygen atoms in total. The van der Waals surface area contributed by atoms with Crippen molar-refractivity contribution in [3.05, 3.63) is 11.7 Å². The summed E-state index contributed by atoms with van der Waals surface area (Å²) >= 11 is 0. The molecule has 0 spiro atoms. The van der Waals surface area contributed by atoms with Gasteiger partial charge in [0.2, 0.25) is 11.7 Å². The number of nitrogens with zero attached hydrogens (tertiary/aromatic N) is 2. The highest BCUT2D eigenvalue weighted by Gasteiger charge is 2.41. The zero-order valence-electron chi connectivity index (χ0n) is 11.3. The first-order valence-electron chi connectivity index (χ1n) is 7.13. The van der Waals surface area contributed by atoms with Gasteiger partial charge in [-0.25, -0.2) is 0 Å². The fourth-order valence-corrected chi connectivity index (χ4v) is 3.12. The Morgan fingerprint density at radius 3 is 2.89 bits per heavy atom. The number of β-amino-alcohol motifs (C(OH)–C–C–N with tert-alkyl or cyclic N) is 1. The van der Waals surface area contributed by atoms with Gasteiger partial charge in [0, 0.05) is 13.2 Å². The predicted octanol–water partition coefficient (Wildman–Crippen LogP) is 1.27. The van der Waals surface area contributed by atoms with E-state index in [-0.39, 0.29) is 17.7 Å². The van der Waals surface area contributed by atoms with Crippen molar-refractivity contribution in [2.24, 2.45) is 0 Å². The summed E-state index contributed by atoms with van der Waals surface area (Å²) in [5.74, 6) is 1.24. The third kappa shape index (κ3) is 2.40. The molecule has 0 aromatic carbocycles. The van der Waals surface area contributed by atoms with E-state index in [4.69, 9.17) is 9.26 Å². The molecule has 1 saturated carbocycles. The van der Waals surface area contributed by atoms with Gasteiger partial charge in [0.25, 0.3) is 0 Å². The first-order chi connectivity index (χ1) is 9.23. The minimum atomic E-state index is -0.353. The van der Waals surface area contributed by atoms with Gasteiger partial charge in [0.05, 0.1) is 12.1 Å². The number of aliphatic hydroxyl groups is 1. The van der Waals surface area contributed by atoms with Gasteiger partial charge in [-0.05, 0) is 39.0 Å². The van der Waals surface area contributed by atoms with Crippen molar-refractivity contribution in [2.45, 2.75) is 56.8 Å². The molecule has 2 atom stereocenters.